The maximum absolute atomic E-state index is 13.6. The summed E-state index contributed by atoms with van der Waals surface area (Å²) in [5, 5.41) is 10.1. The molecule has 0 spiro atoms. The molecule has 0 bridgehead atoms. The first-order valence-electron chi connectivity index (χ1n) is 4.67. The summed E-state index contributed by atoms with van der Waals surface area (Å²) in [6.07, 6.45) is -2.62. The molecule has 5 nitrogen and oxygen atoms in total. The smallest absolute Gasteiger partial charge is 0.258 e. The Labute approximate surface area is 94.0 Å². The quantitative estimate of drug-likeness (QED) is 0.825. The van der Waals surface area contributed by atoms with E-state index in [9.17, 15) is 13.2 Å². The molecule has 8 heteroatoms. The third kappa shape index (κ3) is 2.35. The monoisotopic (exact) mass is 243 g/mol. The molecule has 2 aromatic rings. The largest absolute Gasteiger partial charge is 0.399 e. The van der Waals surface area contributed by atoms with Crippen molar-refractivity contribution in [1.82, 2.24) is 20.2 Å². The van der Waals surface area contributed by atoms with Crippen molar-refractivity contribution in [1.29, 1.82) is 0 Å². The van der Waals surface area contributed by atoms with Gasteiger partial charge in [-0.2, -0.15) is 0 Å². The zero-order valence-electron chi connectivity index (χ0n) is 8.52. The van der Waals surface area contributed by atoms with E-state index in [4.69, 9.17) is 5.73 Å². The zero-order chi connectivity index (χ0) is 12.4. The standard InChI is InChI=1S/C9H8F3N5/c10-7-3-5(13)1-2-6(7)9-14-15-16-17(9)4-8(11)12/h1-3,8H,4,13H2. The van der Waals surface area contributed by atoms with E-state index in [1.807, 2.05) is 0 Å². The van der Waals surface area contributed by atoms with Gasteiger partial charge in [-0.25, -0.2) is 17.9 Å². The number of alkyl halides is 2. The Bertz CT molecular complexity index is 525. The van der Waals surface area contributed by atoms with Crippen LogP contribution in [0, 0.1) is 5.82 Å². The van der Waals surface area contributed by atoms with Crippen LogP contribution in [0.25, 0.3) is 11.4 Å². The summed E-state index contributed by atoms with van der Waals surface area (Å²) in [5.74, 6) is -0.710. The van der Waals surface area contributed by atoms with E-state index < -0.39 is 18.8 Å². The van der Waals surface area contributed by atoms with Crippen LogP contribution in [-0.4, -0.2) is 26.6 Å². The minimum absolute atomic E-state index is 0.0323. The molecule has 0 saturated heterocycles. The molecule has 0 aliphatic heterocycles. The van der Waals surface area contributed by atoms with E-state index in [1.54, 1.807) is 0 Å². The second-order valence-electron chi connectivity index (χ2n) is 3.31. The molecule has 0 unspecified atom stereocenters. The number of anilines is 1. The van der Waals surface area contributed by atoms with Crippen molar-refractivity contribution >= 4 is 5.69 Å². The Hall–Kier alpha value is -2.12. The number of aromatic nitrogens is 4. The lowest BCUT2D eigenvalue weighted by Crippen LogP contribution is -2.10. The van der Waals surface area contributed by atoms with Crippen molar-refractivity contribution in [2.75, 3.05) is 5.73 Å². The number of hydrogen-bond donors (Lipinski definition) is 1. The van der Waals surface area contributed by atoms with Crippen LogP contribution < -0.4 is 5.73 Å². The van der Waals surface area contributed by atoms with Gasteiger partial charge in [0.05, 0.1) is 5.56 Å². The summed E-state index contributed by atoms with van der Waals surface area (Å²) in [4.78, 5) is 0. The highest BCUT2D eigenvalue weighted by Gasteiger charge is 2.16. The van der Waals surface area contributed by atoms with Gasteiger partial charge in [0.2, 0.25) is 0 Å². The minimum atomic E-state index is -2.62. The molecule has 0 amide bonds. The fraction of sp³-hybridized carbons (Fsp3) is 0.222. The van der Waals surface area contributed by atoms with E-state index in [0.717, 1.165) is 10.7 Å². The molecular formula is C9H8F3N5. The van der Waals surface area contributed by atoms with E-state index in [1.165, 1.54) is 12.1 Å². The van der Waals surface area contributed by atoms with Crippen molar-refractivity contribution in [3.63, 3.8) is 0 Å². The first-order chi connectivity index (χ1) is 8.08. The number of nitrogens with zero attached hydrogens (tertiary/aromatic N) is 4. The maximum Gasteiger partial charge on any atom is 0.258 e. The van der Waals surface area contributed by atoms with Gasteiger partial charge in [0.15, 0.2) is 5.82 Å². The zero-order valence-corrected chi connectivity index (χ0v) is 8.52. The number of halogens is 3. The molecule has 17 heavy (non-hydrogen) atoms. The summed E-state index contributed by atoms with van der Waals surface area (Å²) in [6.45, 7) is -0.688. The summed E-state index contributed by atoms with van der Waals surface area (Å²) >= 11 is 0. The maximum atomic E-state index is 13.6. The Kier molecular flexibility index (Phi) is 2.94. The third-order valence-electron chi connectivity index (χ3n) is 2.08. The summed E-state index contributed by atoms with van der Waals surface area (Å²) in [7, 11) is 0. The lowest BCUT2D eigenvalue weighted by Gasteiger charge is -2.05. The normalized spacial score (nSPS) is 11.1. The van der Waals surface area contributed by atoms with Crippen molar-refractivity contribution in [2.24, 2.45) is 0 Å². The average molecular weight is 243 g/mol. The molecular weight excluding hydrogens is 235 g/mol. The van der Waals surface area contributed by atoms with Crippen molar-refractivity contribution in [3.8, 4) is 11.4 Å². The first kappa shape index (κ1) is 11.4. The van der Waals surface area contributed by atoms with Crippen molar-refractivity contribution < 1.29 is 13.2 Å². The third-order valence-corrected chi connectivity index (χ3v) is 2.08. The predicted octanol–water partition coefficient (Wildman–Crippen LogP) is 1.33. The molecule has 90 valence electrons. The van der Waals surface area contributed by atoms with Gasteiger partial charge in [-0.05, 0) is 28.6 Å². The molecule has 1 heterocycles. The highest BCUT2D eigenvalue weighted by Crippen LogP contribution is 2.22. The number of rotatable bonds is 3. The Balaban J connectivity index is 2.42. The first-order valence-corrected chi connectivity index (χ1v) is 4.67. The molecule has 0 saturated carbocycles. The van der Waals surface area contributed by atoms with Crippen LogP contribution in [0.15, 0.2) is 18.2 Å². The molecule has 0 fully saturated rings. The number of hydrogen-bond acceptors (Lipinski definition) is 4. The number of tetrazole rings is 1. The van der Waals surface area contributed by atoms with Crippen LogP contribution in [0.1, 0.15) is 0 Å². The molecule has 0 aliphatic carbocycles. The van der Waals surface area contributed by atoms with E-state index in [0.29, 0.717) is 0 Å². The van der Waals surface area contributed by atoms with Crippen LogP contribution in [0.2, 0.25) is 0 Å². The van der Waals surface area contributed by atoms with Crippen LogP contribution >= 0.6 is 0 Å². The molecule has 0 radical (unpaired) electrons. The summed E-state index contributed by atoms with van der Waals surface area (Å²) < 4.78 is 38.9. The highest BCUT2D eigenvalue weighted by molar-refractivity contribution is 5.59. The second-order valence-corrected chi connectivity index (χ2v) is 3.31. The lowest BCUT2D eigenvalue weighted by molar-refractivity contribution is 0.121. The van der Waals surface area contributed by atoms with Gasteiger partial charge in [-0.1, -0.05) is 0 Å². The van der Waals surface area contributed by atoms with E-state index in [-0.39, 0.29) is 17.1 Å². The summed E-state index contributed by atoms with van der Waals surface area (Å²) in [6, 6.07) is 3.87. The van der Waals surface area contributed by atoms with Crippen LogP contribution in [0.3, 0.4) is 0 Å². The van der Waals surface area contributed by atoms with Gasteiger partial charge in [0.1, 0.15) is 12.4 Å². The van der Waals surface area contributed by atoms with Gasteiger partial charge in [-0.15, -0.1) is 5.10 Å². The van der Waals surface area contributed by atoms with Gasteiger partial charge >= 0.3 is 0 Å². The van der Waals surface area contributed by atoms with Crippen molar-refractivity contribution in [2.45, 2.75) is 13.0 Å². The van der Waals surface area contributed by atoms with Crippen LogP contribution in [0.4, 0.5) is 18.9 Å². The van der Waals surface area contributed by atoms with E-state index in [2.05, 4.69) is 15.5 Å². The molecule has 2 rings (SSSR count). The second kappa shape index (κ2) is 4.40. The molecule has 1 aromatic heterocycles. The van der Waals surface area contributed by atoms with E-state index >= 15 is 0 Å². The number of nitrogens with two attached hydrogens (primary N) is 1. The average Bonchev–Trinajstić information content (AvgIpc) is 2.65. The Morgan fingerprint density at radius 1 is 1.35 bits per heavy atom. The molecule has 1 aromatic carbocycles. The topological polar surface area (TPSA) is 69.6 Å². The predicted molar refractivity (Wildman–Crippen MR) is 53.6 cm³/mol. The van der Waals surface area contributed by atoms with Crippen molar-refractivity contribution in [3.05, 3.63) is 24.0 Å². The van der Waals surface area contributed by atoms with Gasteiger partial charge < -0.3 is 5.73 Å². The minimum Gasteiger partial charge on any atom is -0.399 e. The Morgan fingerprint density at radius 3 is 2.76 bits per heavy atom. The highest BCUT2D eigenvalue weighted by atomic mass is 19.3. The van der Waals surface area contributed by atoms with Gasteiger partial charge in [0.25, 0.3) is 6.43 Å². The fourth-order valence-electron chi connectivity index (χ4n) is 1.36. The molecule has 2 N–H and O–H groups in total. The number of nitrogen functional groups attached to an aromatic ring is 1. The molecule has 0 aliphatic rings. The Morgan fingerprint density at radius 2 is 2.12 bits per heavy atom. The fourth-order valence-corrected chi connectivity index (χ4v) is 1.36. The van der Waals surface area contributed by atoms with Gasteiger partial charge in [-0.3, -0.25) is 0 Å². The number of benzene rings is 1. The van der Waals surface area contributed by atoms with Gasteiger partial charge in [0, 0.05) is 5.69 Å². The molecule has 0 atom stereocenters. The van der Waals surface area contributed by atoms with Crippen LogP contribution in [-0.2, 0) is 6.54 Å². The van der Waals surface area contributed by atoms with Crippen LogP contribution in [0.5, 0.6) is 0 Å². The SMILES string of the molecule is Nc1ccc(-c2nnnn2CC(F)F)c(F)c1. The summed E-state index contributed by atoms with van der Waals surface area (Å²) in [5.41, 5.74) is 5.65. The lowest BCUT2D eigenvalue weighted by atomic mass is 10.2.